The van der Waals surface area contributed by atoms with Gasteiger partial charge >= 0.3 is 0 Å². The van der Waals surface area contributed by atoms with Crippen LogP contribution in [-0.4, -0.2) is 39.8 Å². The van der Waals surface area contributed by atoms with Crippen molar-refractivity contribution < 1.29 is 4.79 Å². The van der Waals surface area contributed by atoms with Gasteiger partial charge in [-0.05, 0) is 20.8 Å². The van der Waals surface area contributed by atoms with Gasteiger partial charge in [-0.3, -0.25) is 4.79 Å². The lowest BCUT2D eigenvalue weighted by Crippen LogP contribution is -2.30. The van der Waals surface area contributed by atoms with E-state index in [0.29, 0.717) is 6.42 Å². The predicted octanol–water partition coefficient (Wildman–Crippen LogP) is 2.20. The Morgan fingerprint density at radius 1 is 1.38 bits per heavy atom. The maximum absolute atomic E-state index is 11.7. The molecule has 0 aromatic carbocycles. The van der Waals surface area contributed by atoms with Crippen LogP contribution in [0.15, 0.2) is 4.34 Å². The van der Waals surface area contributed by atoms with Crippen LogP contribution in [0.5, 0.6) is 0 Å². The topological polar surface area (TPSA) is 46.1 Å². The van der Waals surface area contributed by atoms with Gasteiger partial charge in [0.1, 0.15) is 5.01 Å². The summed E-state index contributed by atoms with van der Waals surface area (Å²) in [5.41, 5.74) is 0. The van der Waals surface area contributed by atoms with Gasteiger partial charge in [-0.25, -0.2) is 0 Å². The van der Waals surface area contributed by atoms with E-state index in [1.54, 1.807) is 23.1 Å². The van der Waals surface area contributed by atoms with Crippen LogP contribution in [0.4, 0.5) is 0 Å². The number of aromatic nitrogens is 2. The molecular formula is C10H17N3OS2. The molecule has 6 heteroatoms. The minimum Gasteiger partial charge on any atom is -0.343 e. The number of carbonyl (C=O) groups excluding carboxylic acids is 1. The summed E-state index contributed by atoms with van der Waals surface area (Å²) in [5.74, 6) is 1.00. The zero-order chi connectivity index (χ0) is 12.0. The molecule has 0 saturated carbocycles. The molecule has 0 atom stereocenters. The highest BCUT2D eigenvalue weighted by Gasteiger charge is 2.09. The van der Waals surface area contributed by atoms with E-state index >= 15 is 0 Å². The number of rotatable bonds is 6. The van der Waals surface area contributed by atoms with Gasteiger partial charge in [-0.1, -0.05) is 23.1 Å². The Bertz CT molecular complexity index is 337. The standard InChI is InChI=1S/C10H17N3OS2/c1-4-13(5-2)9(14)6-7-15-10-12-11-8(3)16-10/h4-7H2,1-3H3. The summed E-state index contributed by atoms with van der Waals surface area (Å²) in [6, 6.07) is 0. The molecule has 1 amide bonds. The highest BCUT2D eigenvalue weighted by atomic mass is 32.2. The first-order valence-corrected chi connectivity index (χ1v) is 7.18. The van der Waals surface area contributed by atoms with E-state index in [1.807, 2.05) is 25.7 Å². The van der Waals surface area contributed by atoms with Crippen molar-refractivity contribution in [2.75, 3.05) is 18.8 Å². The smallest absolute Gasteiger partial charge is 0.223 e. The van der Waals surface area contributed by atoms with Gasteiger partial charge in [0.05, 0.1) is 0 Å². The van der Waals surface area contributed by atoms with Gasteiger partial charge in [-0.2, -0.15) is 0 Å². The Morgan fingerprint density at radius 3 is 2.56 bits per heavy atom. The number of aryl methyl sites for hydroxylation is 1. The lowest BCUT2D eigenvalue weighted by molar-refractivity contribution is -0.130. The Morgan fingerprint density at radius 2 is 2.06 bits per heavy atom. The summed E-state index contributed by atoms with van der Waals surface area (Å²) in [7, 11) is 0. The van der Waals surface area contributed by atoms with E-state index < -0.39 is 0 Å². The van der Waals surface area contributed by atoms with Crippen molar-refractivity contribution in [1.29, 1.82) is 0 Å². The summed E-state index contributed by atoms with van der Waals surface area (Å²) >= 11 is 3.18. The first-order chi connectivity index (χ1) is 7.67. The summed E-state index contributed by atoms with van der Waals surface area (Å²) in [4.78, 5) is 13.5. The largest absolute Gasteiger partial charge is 0.343 e. The lowest BCUT2D eigenvalue weighted by atomic mass is 10.4. The Labute approximate surface area is 104 Å². The number of hydrogen-bond acceptors (Lipinski definition) is 5. The molecule has 1 aromatic heterocycles. The molecule has 0 radical (unpaired) electrons. The van der Waals surface area contributed by atoms with Crippen molar-refractivity contribution in [3.8, 4) is 0 Å². The molecule has 0 fully saturated rings. The lowest BCUT2D eigenvalue weighted by Gasteiger charge is -2.17. The molecule has 0 aliphatic rings. The molecule has 1 rings (SSSR count). The molecule has 4 nitrogen and oxygen atoms in total. The second-order valence-corrected chi connectivity index (χ2v) is 5.78. The Hall–Kier alpha value is -0.620. The molecule has 1 heterocycles. The van der Waals surface area contributed by atoms with E-state index in [1.165, 1.54) is 0 Å². The molecule has 0 spiro atoms. The fraction of sp³-hybridized carbons (Fsp3) is 0.700. The summed E-state index contributed by atoms with van der Waals surface area (Å²) in [6.07, 6.45) is 0.574. The summed E-state index contributed by atoms with van der Waals surface area (Å²) in [5, 5.41) is 8.91. The van der Waals surface area contributed by atoms with Crippen molar-refractivity contribution in [1.82, 2.24) is 15.1 Å². The van der Waals surface area contributed by atoms with Crippen LogP contribution in [-0.2, 0) is 4.79 Å². The van der Waals surface area contributed by atoms with E-state index in [4.69, 9.17) is 0 Å². The van der Waals surface area contributed by atoms with Crippen LogP contribution in [0.2, 0.25) is 0 Å². The number of carbonyl (C=O) groups is 1. The van der Waals surface area contributed by atoms with Crippen molar-refractivity contribution in [2.45, 2.75) is 31.5 Å². The second kappa shape index (κ2) is 6.85. The molecule has 90 valence electrons. The highest BCUT2D eigenvalue weighted by molar-refractivity contribution is 8.01. The molecule has 0 bridgehead atoms. The quantitative estimate of drug-likeness (QED) is 0.735. The number of thioether (sulfide) groups is 1. The van der Waals surface area contributed by atoms with Gasteiger partial charge in [-0.15, -0.1) is 10.2 Å². The predicted molar refractivity (Wildman–Crippen MR) is 67.9 cm³/mol. The minimum atomic E-state index is 0.221. The zero-order valence-corrected chi connectivity index (χ0v) is 11.5. The molecule has 0 aliphatic carbocycles. The fourth-order valence-corrected chi connectivity index (χ4v) is 3.11. The van der Waals surface area contributed by atoms with E-state index in [-0.39, 0.29) is 5.91 Å². The molecule has 16 heavy (non-hydrogen) atoms. The molecule has 0 unspecified atom stereocenters. The fourth-order valence-electron chi connectivity index (χ4n) is 1.30. The van der Waals surface area contributed by atoms with Crippen molar-refractivity contribution in [3.05, 3.63) is 5.01 Å². The van der Waals surface area contributed by atoms with Crippen LogP contribution < -0.4 is 0 Å². The normalized spacial score (nSPS) is 10.4. The molecule has 0 saturated heterocycles. The van der Waals surface area contributed by atoms with Crippen molar-refractivity contribution >= 4 is 29.0 Å². The molecule has 0 N–H and O–H groups in total. The zero-order valence-electron chi connectivity index (χ0n) is 9.89. The summed E-state index contributed by atoms with van der Waals surface area (Å²) in [6.45, 7) is 7.52. The molecule has 0 aliphatic heterocycles. The number of nitrogens with zero attached hydrogens (tertiary/aromatic N) is 3. The van der Waals surface area contributed by atoms with Gasteiger partial charge in [0.15, 0.2) is 4.34 Å². The van der Waals surface area contributed by atoms with Crippen LogP contribution >= 0.6 is 23.1 Å². The third-order valence-electron chi connectivity index (χ3n) is 2.17. The van der Waals surface area contributed by atoms with Gasteiger partial charge < -0.3 is 4.90 Å². The van der Waals surface area contributed by atoms with E-state index in [2.05, 4.69) is 10.2 Å². The SMILES string of the molecule is CCN(CC)C(=O)CCSc1nnc(C)s1. The average Bonchev–Trinajstić information content (AvgIpc) is 2.66. The minimum absolute atomic E-state index is 0.221. The summed E-state index contributed by atoms with van der Waals surface area (Å²) < 4.78 is 0.949. The van der Waals surface area contributed by atoms with Crippen LogP contribution in [0, 0.1) is 6.92 Å². The highest BCUT2D eigenvalue weighted by Crippen LogP contribution is 2.22. The first kappa shape index (κ1) is 13.4. The van der Waals surface area contributed by atoms with Gasteiger partial charge in [0.2, 0.25) is 5.91 Å². The van der Waals surface area contributed by atoms with Crippen molar-refractivity contribution in [3.63, 3.8) is 0 Å². The Kier molecular flexibility index (Phi) is 5.76. The number of amides is 1. The first-order valence-electron chi connectivity index (χ1n) is 5.38. The van der Waals surface area contributed by atoms with Gasteiger partial charge in [0, 0.05) is 25.3 Å². The third kappa shape index (κ3) is 4.09. The monoisotopic (exact) mass is 259 g/mol. The second-order valence-electron chi connectivity index (χ2n) is 3.25. The maximum atomic E-state index is 11.7. The molecule has 1 aromatic rings. The van der Waals surface area contributed by atoms with Crippen LogP contribution in [0.1, 0.15) is 25.3 Å². The van der Waals surface area contributed by atoms with Crippen LogP contribution in [0.3, 0.4) is 0 Å². The van der Waals surface area contributed by atoms with Crippen LogP contribution in [0.25, 0.3) is 0 Å². The third-order valence-corrected chi connectivity index (χ3v) is 4.14. The van der Waals surface area contributed by atoms with E-state index in [9.17, 15) is 4.79 Å². The number of hydrogen-bond donors (Lipinski definition) is 0. The van der Waals surface area contributed by atoms with E-state index in [0.717, 1.165) is 28.2 Å². The average molecular weight is 259 g/mol. The van der Waals surface area contributed by atoms with Gasteiger partial charge in [0.25, 0.3) is 0 Å². The Balaban J connectivity index is 2.27. The molecular weight excluding hydrogens is 242 g/mol. The van der Waals surface area contributed by atoms with Crippen molar-refractivity contribution in [2.24, 2.45) is 0 Å². The maximum Gasteiger partial charge on any atom is 0.223 e.